The van der Waals surface area contributed by atoms with E-state index in [-0.39, 0.29) is 11.4 Å². The second-order valence-electron chi connectivity index (χ2n) is 5.77. The van der Waals surface area contributed by atoms with Crippen molar-refractivity contribution in [1.82, 2.24) is 20.0 Å². The van der Waals surface area contributed by atoms with Gasteiger partial charge in [0.1, 0.15) is 0 Å². The lowest BCUT2D eigenvalue weighted by Crippen LogP contribution is -2.51. The number of amides is 1. The van der Waals surface area contributed by atoms with Gasteiger partial charge in [-0.05, 0) is 40.7 Å². The van der Waals surface area contributed by atoms with Crippen LogP contribution in [0.25, 0.3) is 0 Å². The van der Waals surface area contributed by atoms with Gasteiger partial charge in [0.15, 0.2) is 0 Å². The Morgan fingerprint density at radius 3 is 2.32 bits per heavy atom. The summed E-state index contributed by atoms with van der Waals surface area (Å²) in [6.07, 6.45) is 1.99. The molecule has 106 valence electrons. The highest BCUT2D eigenvalue weighted by Gasteiger charge is 2.32. The predicted molar refractivity (Wildman–Crippen MR) is 75.3 cm³/mol. The molecule has 1 saturated heterocycles. The van der Waals surface area contributed by atoms with Crippen LogP contribution in [0.4, 0.5) is 0 Å². The zero-order chi connectivity index (χ0) is 14.2. The van der Waals surface area contributed by atoms with E-state index in [2.05, 4.69) is 17.3 Å². The minimum atomic E-state index is 0.126. The maximum Gasteiger partial charge on any atom is 0.257 e. The molecule has 2 heterocycles. The summed E-state index contributed by atoms with van der Waals surface area (Å²) in [6, 6.07) is 0. The molecule has 1 aromatic heterocycles. The van der Waals surface area contributed by atoms with Crippen molar-refractivity contribution in [3.05, 3.63) is 17.0 Å². The molecule has 2 rings (SSSR count). The summed E-state index contributed by atoms with van der Waals surface area (Å²) in [7, 11) is 3.88. The Bertz CT molecular complexity index is 484. The Morgan fingerprint density at radius 2 is 1.89 bits per heavy atom. The second-order valence-corrected chi connectivity index (χ2v) is 5.77. The Labute approximate surface area is 115 Å². The molecule has 0 saturated carbocycles. The normalized spacial score (nSPS) is 18.7. The Hall–Kier alpha value is -1.36. The molecule has 1 aliphatic rings. The summed E-state index contributed by atoms with van der Waals surface area (Å²) in [5.74, 6) is 0.126. The number of nitrogens with zero attached hydrogens (tertiary/aromatic N) is 3. The molecular weight excluding hydrogens is 240 g/mol. The molecule has 0 aromatic carbocycles. The number of nitrogens with one attached hydrogen (secondary N) is 1. The van der Waals surface area contributed by atoms with Crippen molar-refractivity contribution in [2.75, 3.05) is 20.1 Å². The molecule has 1 aliphatic heterocycles. The standard InChI is InChI=1S/C14H24N4O/c1-10-12(11(2)17(5)16-10)13(19)18-8-6-14(3,15-4)7-9-18/h15H,6-9H2,1-5H3. The van der Waals surface area contributed by atoms with Crippen molar-refractivity contribution in [1.29, 1.82) is 0 Å². The summed E-state index contributed by atoms with van der Waals surface area (Å²) in [6.45, 7) is 7.69. The van der Waals surface area contributed by atoms with Gasteiger partial charge in [0.25, 0.3) is 5.91 Å². The van der Waals surface area contributed by atoms with E-state index in [0.29, 0.717) is 0 Å². The molecule has 0 spiro atoms. The number of aryl methyl sites for hydroxylation is 2. The van der Waals surface area contributed by atoms with Crippen molar-refractivity contribution in [2.24, 2.45) is 7.05 Å². The molecule has 19 heavy (non-hydrogen) atoms. The number of hydrogen-bond acceptors (Lipinski definition) is 3. The molecule has 0 unspecified atom stereocenters. The third-order valence-electron chi connectivity index (χ3n) is 4.48. The highest BCUT2D eigenvalue weighted by atomic mass is 16.2. The quantitative estimate of drug-likeness (QED) is 0.874. The van der Waals surface area contributed by atoms with Gasteiger partial charge in [-0.2, -0.15) is 5.10 Å². The smallest absolute Gasteiger partial charge is 0.257 e. The van der Waals surface area contributed by atoms with E-state index in [4.69, 9.17) is 0 Å². The van der Waals surface area contributed by atoms with Crippen LogP contribution >= 0.6 is 0 Å². The van der Waals surface area contributed by atoms with Gasteiger partial charge in [0, 0.05) is 31.4 Å². The number of aromatic nitrogens is 2. The fourth-order valence-corrected chi connectivity index (χ4v) is 2.69. The van der Waals surface area contributed by atoms with E-state index in [1.165, 1.54) is 0 Å². The highest BCUT2D eigenvalue weighted by Crippen LogP contribution is 2.24. The monoisotopic (exact) mass is 264 g/mol. The van der Waals surface area contributed by atoms with E-state index < -0.39 is 0 Å². The van der Waals surface area contributed by atoms with E-state index in [9.17, 15) is 4.79 Å². The van der Waals surface area contributed by atoms with Gasteiger partial charge in [0.05, 0.1) is 11.3 Å². The summed E-state index contributed by atoms with van der Waals surface area (Å²) in [5, 5.41) is 7.68. The summed E-state index contributed by atoms with van der Waals surface area (Å²) in [4.78, 5) is 14.6. The average molecular weight is 264 g/mol. The molecule has 1 amide bonds. The van der Waals surface area contributed by atoms with Gasteiger partial charge in [-0.25, -0.2) is 0 Å². The zero-order valence-electron chi connectivity index (χ0n) is 12.6. The van der Waals surface area contributed by atoms with Gasteiger partial charge >= 0.3 is 0 Å². The fraction of sp³-hybridized carbons (Fsp3) is 0.714. The second kappa shape index (κ2) is 4.96. The molecule has 1 aromatic rings. The topological polar surface area (TPSA) is 50.2 Å². The van der Waals surface area contributed by atoms with E-state index >= 15 is 0 Å². The van der Waals surface area contributed by atoms with Crippen molar-refractivity contribution in [3.8, 4) is 0 Å². The Kier molecular flexibility index (Phi) is 3.67. The molecule has 0 aliphatic carbocycles. The zero-order valence-corrected chi connectivity index (χ0v) is 12.6. The van der Waals surface area contributed by atoms with Crippen LogP contribution in [-0.2, 0) is 7.05 Å². The number of rotatable bonds is 2. The van der Waals surface area contributed by atoms with Crippen molar-refractivity contribution >= 4 is 5.91 Å². The van der Waals surface area contributed by atoms with E-state index in [1.807, 2.05) is 32.8 Å². The number of likely N-dealkylation sites (tertiary alicyclic amines) is 1. The molecule has 5 nitrogen and oxygen atoms in total. The van der Waals surface area contributed by atoms with E-state index in [1.54, 1.807) is 4.68 Å². The van der Waals surface area contributed by atoms with Gasteiger partial charge in [-0.3, -0.25) is 9.48 Å². The summed E-state index contributed by atoms with van der Waals surface area (Å²) in [5.41, 5.74) is 2.71. The van der Waals surface area contributed by atoms with Gasteiger partial charge in [-0.1, -0.05) is 0 Å². The van der Waals surface area contributed by atoms with Gasteiger partial charge < -0.3 is 10.2 Å². The first-order valence-electron chi connectivity index (χ1n) is 6.86. The molecule has 5 heteroatoms. The van der Waals surface area contributed by atoms with Crippen LogP contribution < -0.4 is 5.32 Å². The summed E-state index contributed by atoms with van der Waals surface area (Å²) < 4.78 is 1.78. The molecule has 1 N–H and O–H groups in total. The highest BCUT2D eigenvalue weighted by molar-refractivity contribution is 5.96. The SMILES string of the molecule is CNC1(C)CCN(C(=O)c2c(C)nn(C)c2C)CC1. The molecule has 1 fully saturated rings. The van der Waals surface area contributed by atoms with Crippen molar-refractivity contribution in [2.45, 2.75) is 39.2 Å². The Morgan fingerprint density at radius 1 is 1.32 bits per heavy atom. The first kappa shape index (κ1) is 14.1. The average Bonchev–Trinajstić information content (AvgIpc) is 2.63. The lowest BCUT2D eigenvalue weighted by atomic mass is 9.89. The number of piperidine rings is 1. The number of hydrogen-bond donors (Lipinski definition) is 1. The third kappa shape index (κ3) is 2.52. The minimum Gasteiger partial charge on any atom is -0.338 e. The van der Waals surface area contributed by atoms with Crippen LogP contribution in [0.2, 0.25) is 0 Å². The maximum atomic E-state index is 12.6. The molecule has 0 atom stereocenters. The van der Waals surface area contributed by atoms with Gasteiger partial charge in [-0.15, -0.1) is 0 Å². The molecule has 0 radical (unpaired) electrons. The number of carbonyl (C=O) groups excluding carboxylic acids is 1. The van der Waals surface area contributed by atoms with Crippen molar-refractivity contribution in [3.63, 3.8) is 0 Å². The minimum absolute atomic E-state index is 0.126. The lowest BCUT2D eigenvalue weighted by Gasteiger charge is -2.39. The largest absolute Gasteiger partial charge is 0.338 e. The summed E-state index contributed by atoms with van der Waals surface area (Å²) >= 11 is 0. The first-order chi connectivity index (χ1) is 8.88. The fourth-order valence-electron chi connectivity index (χ4n) is 2.69. The maximum absolute atomic E-state index is 12.6. The number of carbonyl (C=O) groups is 1. The van der Waals surface area contributed by atoms with Crippen LogP contribution in [0.5, 0.6) is 0 Å². The Balaban J connectivity index is 2.14. The van der Waals surface area contributed by atoms with Crippen LogP contribution in [-0.4, -0.2) is 46.3 Å². The van der Waals surface area contributed by atoms with Crippen molar-refractivity contribution < 1.29 is 4.79 Å². The van der Waals surface area contributed by atoms with Crippen LogP contribution in [0.15, 0.2) is 0 Å². The molecular formula is C14H24N4O. The lowest BCUT2D eigenvalue weighted by molar-refractivity contribution is 0.0660. The predicted octanol–water partition coefficient (Wildman–Crippen LogP) is 1.25. The van der Waals surface area contributed by atoms with Crippen LogP contribution in [0.3, 0.4) is 0 Å². The van der Waals surface area contributed by atoms with E-state index in [0.717, 1.165) is 42.9 Å². The van der Waals surface area contributed by atoms with Crippen LogP contribution in [0.1, 0.15) is 41.5 Å². The first-order valence-corrected chi connectivity index (χ1v) is 6.86. The van der Waals surface area contributed by atoms with Gasteiger partial charge in [0.2, 0.25) is 0 Å². The third-order valence-corrected chi connectivity index (χ3v) is 4.48. The molecule has 0 bridgehead atoms. The van der Waals surface area contributed by atoms with Crippen LogP contribution in [0, 0.1) is 13.8 Å².